The van der Waals surface area contributed by atoms with Gasteiger partial charge in [0.1, 0.15) is 0 Å². The summed E-state index contributed by atoms with van der Waals surface area (Å²) in [6.45, 7) is 2.81. The first-order valence-electron chi connectivity index (χ1n) is 9.68. The minimum absolute atomic E-state index is 0.167. The number of nitrogens with one attached hydrogen (secondary N) is 1. The molecule has 1 aliphatic heterocycles. The largest absolute Gasteiger partial charge is 0.378 e. The summed E-state index contributed by atoms with van der Waals surface area (Å²) < 4.78 is 6.37. The molecule has 0 aliphatic carbocycles. The third-order valence-corrected chi connectivity index (χ3v) is 5.07. The summed E-state index contributed by atoms with van der Waals surface area (Å²) in [4.78, 5) is 37.5. The van der Waals surface area contributed by atoms with Crippen molar-refractivity contribution in [1.29, 1.82) is 0 Å². The van der Waals surface area contributed by atoms with Crippen molar-refractivity contribution in [3.8, 4) is 0 Å². The normalized spacial score (nSPS) is 14.5. The number of hydrogen-bond donors (Lipinski definition) is 1. The Morgan fingerprint density at radius 1 is 1.14 bits per heavy atom. The standard InChI is InChI=1S/C20H24N6O3/c1-29-14-16-13-18(28)26-19(21-16)22-20(23-26)25-11-9-24(10-12-25)17(27)8-7-15-5-3-2-4-6-15/h2-6,13H,7-12,14H2,1H3,(H,21,22,23). The average molecular weight is 396 g/mol. The molecule has 1 N–H and O–H groups in total. The number of methoxy groups -OCH3 is 1. The van der Waals surface area contributed by atoms with Gasteiger partial charge in [0.2, 0.25) is 11.9 Å². The van der Waals surface area contributed by atoms with Crippen LogP contribution in [-0.4, -0.2) is 63.7 Å². The fourth-order valence-corrected chi connectivity index (χ4v) is 3.50. The molecule has 0 radical (unpaired) electrons. The SMILES string of the molecule is COCc1cc(=O)n2[nH]c(N3CCN(C(=O)CCc4ccccc4)CC3)nc2n1. The second kappa shape index (κ2) is 8.44. The van der Waals surface area contributed by atoms with Gasteiger partial charge in [-0.3, -0.25) is 14.7 Å². The lowest BCUT2D eigenvalue weighted by atomic mass is 10.1. The van der Waals surface area contributed by atoms with Gasteiger partial charge in [0, 0.05) is 45.8 Å². The summed E-state index contributed by atoms with van der Waals surface area (Å²) in [7, 11) is 1.56. The zero-order valence-electron chi connectivity index (χ0n) is 16.4. The lowest BCUT2D eigenvalue weighted by Crippen LogP contribution is -2.49. The fourth-order valence-electron chi connectivity index (χ4n) is 3.50. The van der Waals surface area contributed by atoms with Gasteiger partial charge in [-0.1, -0.05) is 30.3 Å². The minimum atomic E-state index is -0.226. The number of hydrogen-bond acceptors (Lipinski definition) is 6. The van der Waals surface area contributed by atoms with Gasteiger partial charge in [-0.25, -0.2) is 4.98 Å². The van der Waals surface area contributed by atoms with Crippen molar-refractivity contribution in [1.82, 2.24) is 24.5 Å². The molecule has 1 fully saturated rings. The Kier molecular flexibility index (Phi) is 5.57. The molecule has 9 nitrogen and oxygen atoms in total. The van der Waals surface area contributed by atoms with Gasteiger partial charge < -0.3 is 14.5 Å². The van der Waals surface area contributed by atoms with E-state index in [-0.39, 0.29) is 18.1 Å². The molecule has 1 saturated heterocycles. The fraction of sp³-hybridized carbons (Fsp3) is 0.400. The molecule has 1 aliphatic rings. The van der Waals surface area contributed by atoms with Gasteiger partial charge >= 0.3 is 0 Å². The first-order valence-corrected chi connectivity index (χ1v) is 9.68. The maximum atomic E-state index is 12.5. The van der Waals surface area contributed by atoms with Crippen LogP contribution in [-0.2, 0) is 22.6 Å². The number of aryl methyl sites for hydroxylation is 1. The topological polar surface area (TPSA) is 95.8 Å². The Balaban J connectivity index is 1.37. The maximum absolute atomic E-state index is 12.5. The zero-order chi connectivity index (χ0) is 20.2. The third-order valence-electron chi connectivity index (χ3n) is 5.07. The highest BCUT2D eigenvalue weighted by atomic mass is 16.5. The predicted octanol–water partition coefficient (Wildman–Crippen LogP) is 0.845. The number of anilines is 1. The lowest BCUT2D eigenvalue weighted by Gasteiger charge is -2.34. The third kappa shape index (κ3) is 4.29. The maximum Gasteiger partial charge on any atom is 0.274 e. The smallest absolute Gasteiger partial charge is 0.274 e. The number of aromatic amines is 1. The monoisotopic (exact) mass is 396 g/mol. The molecule has 1 aromatic carbocycles. The highest BCUT2D eigenvalue weighted by Crippen LogP contribution is 2.13. The second-order valence-electron chi connectivity index (χ2n) is 7.05. The molecule has 3 heterocycles. The van der Waals surface area contributed by atoms with E-state index in [9.17, 15) is 9.59 Å². The van der Waals surface area contributed by atoms with Gasteiger partial charge in [0.15, 0.2) is 0 Å². The quantitative estimate of drug-likeness (QED) is 0.664. The summed E-state index contributed by atoms with van der Waals surface area (Å²) in [5.74, 6) is 1.07. The summed E-state index contributed by atoms with van der Waals surface area (Å²) in [6.07, 6.45) is 1.26. The van der Waals surface area contributed by atoms with Crippen molar-refractivity contribution in [3.63, 3.8) is 0 Å². The van der Waals surface area contributed by atoms with Crippen LogP contribution >= 0.6 is 0 Å². The zero-order valence-corrected chi connectivity index (χ0v) is 16.4. The molecule has 9 heteroatoms. The number of amides is 1. The average Bonchev–Trinajstić information content (AvgIpc) is 3.18. The van der Waals surface area contributed by atoms with E-state index in [1.807, 2.05) is 40.1 Å². The Labute approximate surface area is 167 Å². The first-order chi connectivity index (χ1) is 14.1. The number of benzene rings is 1. The Hall–Kier alpha value is -3.20. The number of rotatable bonds is 6. The van der Waals surface area contributed by atoms with Crippen LogP contribution in [0, 0.1) is 0 Å². The van der Waals surface area contributed by atoms with Gasteiger partial charge in [0.05, 0.1) is 12.3 Å². The highest BCUT2D eigenvalue weighted by Gasteiger charge is 2.23. The van der Waals surface area contributed by atoms with Crippen LogP contribution in [0.5, 0.6) is 0 Å². The molecule has 3 aromatic rings. The number of carbonyl (C=O) groups is 1. The Bertz CT molecular complexity index is 1040. The molecule has 0 bridgehead atoms. The van der Waals surface area contributed by atoms with E-state index >= 15 is 0 Å². The first kappa shape index (κ1) is 19.1. The molecule has 0 atom stereocenters. The van der Waals surface area contributed by atoms with Crippen LogP contribution in [0.15, 0.2) is 41.2 Å². The number of H-pyrrole nitrogens is 1. The Morgan fingerprint density at radius 3 is 2.62 bits per heavy atom. The van der Waals surface area contributed by atoms with Gasteiger partial charge in [-0.2, -0.15) is 9.50 Å². The number of carbonyl (C=O) groups excluding carboxylic acids is 1. The van der Waals surface area contributed by atoms with Crippen LogP contribution in [0.3, 0.4) is 0 Å². The second-order valence-corrected chi connectivity index (χ2v) is 7.05. The molecule has 152 valence electrons. The molecule has 4 rings (SSSR count). The van der Waals surface area contributed by atoms with Gasteiger partial charge in [0.25, 0.3) is 11.3 Å². The molecule has 0 spiro atoms. The van der Waals surface area contributed by atoms with E-state index in [0.29, 0.717) is 50.0 Å². The van der Waals surface area contributed by atoms with E-state index in [1.165, 1.54) is 16.1 Å². The number of fused-ring (bicyclic) bond motifs is 1. The number of nitrogens with zero attached hydrogens (tertiary/aromatic N) is 5. The highest BCUT2D eigenvalue weighted by molar-refractivity contribution is 5.76. The van der Waals surface area contributed by atoms with Crippen molar-refractivity contribution >= 4 is 17.6 Å². The molecule has 1 amide bonds. The predicted molar refractivity (Wildman–Crippen MR) is 108 cm³/mol. The Morgan fingerprint density at radius 2 is 1.90 bits per heavy atom. The van der Waals surface area contributed by atoms with Gasteiger partial charge in [-0.15, -0.1) is 0 Å². The van der Waals surface area contributed by atoms with E-state index in [1.54, 1.807) is 7.11 Å². The molecule has 2 aromatic heterocycles. The van der Waals surface area contributed by atoms with Crippen LogP contribution in [0.25, 0.3) is 5.78 Å². The van der Waals surface area contributed by atoms with E-state index in [4.69, 9.17) is 4.74 Å². The van der Waals surface area contributed by atoms with E-state index < -0.39 is 0 Å². The molecular formula is C20H24N6O3. The van der Waals surface area contributed by atoms with Crippen molar-refractivity contribution < 1.29 is 9.53 Å². The number of aromatic nitrogens is 4. The number of ether oxygens (including phenoxy) is 1. The van der Waals surface area contributed by atoms with Crippen LogP contribution in [0.2, 0.25) is 0 Å². The van der Waals surface area contributed by atoms with Crippen LogP contribution < -0.4 is 10.5 Å². The molecule has 29 heavy (non-hydrogen) atoms. The van der Waals surface area contributed by atoms with Crippen LogP contribution in [0.1, 0.15) is 17.7 Å². The number of piperazine rings is 1. The van der Waals surface area contributed by atoms with Crippen molar-refractivity contribution in [2.75, 3.05) is 38.2 Å². The van der Waals surface area contributed by atoms with E-state index in [2.05, 4.69) is 15.1 Å². The minimum Gasteiger partial charge on any atom is -0.378 e. The summed E-state index contributed by atoms with van der Waals surface area (Å²) >= 11 is 0. The van der Waals surface area contributed by atoms with Crippen molar-refractivity contribution in [3.05, 3.63) is 58.0 Å². The molecule has 0 unspecified atom stereocenters. The molecular weight excluding hydrogens is 372 g/mol. The van der Waals surface area contributed by atoms with Crippen LogP contribution in [0.4, 0.5) is 5.95 Å². The van der Waals surface area contributed by atoms with E-state index in [0.717, 1.165) is 6.42 Å². The summed E-state index contributed by atoms with van der Waals surface area (Å²) in [5.41, 5.74) is 1.49. The van der Waals surface area contributed by atoms with Crippen molar-refractivity contribution in [2.24, 2.45) is 0 Å². The summed E-state index contributed by atoms with van der Waals surface area (Å²) in [6, 6.07) is 11.5. The molecule has 0 saturated carbocycles. The lowest BCUT2D eigenvalue weighted by molar-refractivity contribution is -0.131. The van der Waals surface area contributed by atoms with Crippen molar-refractivity contribution in [2.45, 2.75) is 19.4 Å². The summed E-state index contributed by atoms with van der Waals surface area (Å²) in [5, 5.41) is 3.01. The van der Waals surface area contributed by atoms with Gasteiger partial charge in [-0.05, 0) is 12.0 Å².